The highest BCUT2D eigenvalue weighted by Crippen LogP contribution is 2.34. The summed E-state index contributed by atoms with van der Waals surface area (Å²) in [6.07, 6.45) is 3.05. The van der Waals surface area contributed by atoms with E-state index in [-0.39, 0.29) is 5.91 Å². The summed E-state index contributed by atoms with van der Waals surface area (Å²) < 4.78 is 26.4. The fourth-order valence-corrected chi connectivity index (χ4v) is 3.93. The minimum atomic E-state index is -0.614. The van der Waals surface area contributed by atoms with E-state index in [9.17, 15) is 9.59 Å². The average molecular weight is 456 g/mol. The van der Waals surface area contributed by atoms with E-state index in [1.54, 1.807) is 62.6 Å². The molecule has 2 aromatic carbocycles. The molecule has 0 aromatic heterocycles. The molecule has 0 spiro atoms. The number of hydrogen-bond donors (Lipinski definition) is 0. The SMILES string of the molecule is COC(=O)[C@@H]1CCCN1C(=O)/C(=C/c1ccc(OC)c(OC)c1)c1ccc(OC)c(OC)c1. The lowest BCUT2D eigenvalue weighted by molar-refractivity contribution is -0.149. The van der Waals surface area contributed by atoms with E-state index in [0.29, 0.717) is 47.1 Å². The molecule has 0 radical (unpaired) electrons. The molecule has 8 heteroatoms. The minimum Gasteiger partial charge on any atom is -0.493 e. The third-order valence-electron chi connectivity index (χ3n) is 5.63. The van der Waals surface area contributed by atoms with Crippen molar-refractivity contribution in [2.45, 2.75) is 18.9 Å². The fourth-order valence-electron chi connectivity index (χ4n) is 3.93. The number of nitrogens with zero attached hydrogens (tertiary/aromatic N) is 1. The zero-order valence-electron chi connectivity index (χ0n) is 19.5. The van der Waals surface area contributed by atoms with E-state index < -0.39 is 12.0 Å². The summed E-state index contributed by atoms with van der Waals surface area (Å²) in [4.78, 5) is 27.6. The van der Waals surface area contributed by atoms with Crippen molar-refractivity contribution in [3.05, 3.63) is 47.5 Å². The van der Waals surface area contributed by atoms with Crippen molar-refractivity contribution in [1.29, 1.82) is 0 Å². The maximum atomic E-state index is 13.7. The summed E-state index contributed by atoms with van der Waals surface area (Å²) >= 11 is 0. The fraction of sp³-hybridized carbons (Fsp3) is 0.360. The maximum absolute atomic E-state index is 13.7. The zero-order chi connectivity index (χ0) is 24.0. The monoisotopic (exact) mass is 455 g/mol. The van der Waals surface area contributed by atoms with Crippen LogP contribution in [-0.4, -0.2) is 64.9 Å². The van der Waals surface area contributed by atoms with Crippen molar-refractivity contribution in [2.24, 2.45) is 0 Å². The van der Waals surface area contributed by atoms with E-state index in [1.165, 1.54) is 14.2 Å². The number of hydrogen-bond acceptors (Lipinski definition) is 7. The Bertz CT molecular complexity index is 1050. The number of ether oxygens (including phenoxy) is 5. The Morgan fingerprint density at radius 3 is 2.06 bits per heavy atom. The normalized spacial score (nSPS) is 15.7. The second kappa shape index (κ2) is 10.8. The highest BCUT2D eigenvalue weighted by Gasteiger charge is 2.36. The van der Waals surface area contributed by atoms with Crippen LogP contribution < -0.4 is 18.9 Å². The number of rotatable bonds is 8. The first kappa shape index (κ1) is 24.0. The number of esters is 1. The van der Waals surface area contributed by atoms with Gasteiger partial charge < -0.3 is 28.6 Å². The van der Waals surface area contributed by atoms with Gasteiger partial charge in [-0.1, -0.05) is 12.1 Å². The standard InChI is InChI=1S/C25H29NO7/c1-29-20-10-8-16(14-22(20)31-3)13-18(17-9-11-21(30-2)23(15-17)32-4)24(27)26-12-6-7-19(26)25(28)33-5/h8-11,13-15,19H,6-7,12H2,1-5H3/b18-13+/t19-/m0/s1. The molecule has 2 aromatic rings. The Kier molecular flexibility index (Phi) is 7.82. The van der Waals surface area contributed by atoms with Crippen molar-refractivity contribution in [1.82, 2.24) is 4.90 Å². The van der Waals surface area contributed by atoms with Crippen LogP contribution >= 0.6 is 0 Å². The molecule has 8 nitrogen and oxygen atoms in total. The summed E-state index contributed by atoms with van der Waals surface area (Å²) in [5.74, 6) is 1.47. The third-order valence-corrected chi connectivity index (χ3v) is 5.63. The molecule has 33 heavy (non-hydrogen) atoms. The van der Waals surface area contributed by atoms with Gasteiger partial charge in [-0.3, -0.25) is 4.79 Å². The number of methoxy groups -OCH3 is 5. The van der Waals surface area contributed by atoms with Gasteiger partial charge in [0.15, 0.2) is 23.0 Å². The molecule has 1 aliphatic heterocycles. The van der Waals surface area contributed by atoms with Gasteiger partial charge in [-0.2, -0.15) is 0 Å². The molecule has 0 bridgehead atoms. The lowest BCUT2D eigenvalue weighted by Crippen LogP contribution is -2.41. The van der Waals surface area contributed by atoms with Crippen LogP contribution in [0, 0.1) is 0 Å². The van der Waals surface area contributed by atoms with E-state index >= 15 is 0 Å². The lowest BCUT2D eigenvalue weighted by atomic mass is 10.00. The highest BCUT2D eigenvalue weighted by atomic mass is 16.5. The van der Waals surface area contributed by atoms with Crippen LogP contribution in [0.1, 0.15) is 24.0 Å². The van der Waals surface area contributed by atoms with Crippen LogP contribution in [0.2, 0.25) is 0 Å². The number of likely N-dealkylation sites (tertiary alicyclic amines) is 1. The minimum absolute atomic E-state index is 0.273. The van der Waals surface area contributed by atoms with Gasteiger partial charge in [-0.15, -0.1) is 0 Å². The van der Waals surface area contributed by atoms with Gasteiger partial charge in [0.05, 0.1) is 35.5 Å². The summed E-state index contributed by atoms with van der Waals surface area (Å²) in [6, 6.07) is 10.0. The van der Waals surface area contributed by atoms with Gasteiger partial charge in [0.2, 0.25) is 0 Å². The molecule has 0 unspecified atom stereocenters. The van der Waals surface area contributed by atoms with Gasteiger partial charge in [-0.25, -0.2) is 4.79 Å². The Morgan fingerprint density at radius 1 is 0.848 bits per heavy atom. The van der Waals surface area contributed by atoms with Crippen molar-refractivity contribution in [3.8, 4) is 23.0 Å². The first-order valence-corrected chi connectivity index (χ1v) is 10.5. The van der Waals surface area contributed by atoms with Gasteiger partial charge >= 0.3 is 5.97 Å². The van der Waals surface area contributed by atoms with Crippen molar-refractivity contribution in [3.63, 3.8) is 0 Å². The molecule has 1 aliphatic rings. The molecule has 3 rings (SSSR count). The second-order valence-electron chi connectivity index (χ2n) is 7.42. The Morgan fingerprint density at radius 2 is 1.45 bits per heavy atom. The van der Waals surface area contributed by atoms with E-state index in [4.69, 9.17) is 23.7 Å². The van der Waals surface area contributed by atoms with Crippen LogP contribution in [0.4, 0.5) is 0 Å². The van der Waals surface area contributed by atoms with Crippen molar-refractivity contribution in [2.75, 3.05) is 42.1 Å². The van der Waals surface area contributed by atoms with E-state index in [2.05, 4.69) is 0 Å². The van der Waals surface area contributed by atoms with Gasteiger partial charge in [0.25, 0.3) is 5.91 Å². The molecule has 1 atom stereocenters. The number of carbonyl (C=O) groups excluding carboxylic acids is 2. The predicted molar refractivity (Wildman–Crippen MR) is 124 cm³/mol. The number of amides is 1. The largest absolute Gasteiger partial charge is 0.493 e. The van der Waals surface area contributed by atoms with Gasteiger partial charge in [0.1, 0.15) is 6.04 Å². The zero-order valence-corrected chi connectivity index (χ0v) is 19.5. The predicted octanol–water partition coefficient (Wildman–Crippen LogP) is 3.43. The van der Waals surface area contributed by atoms with Gasteiger partial charge in [0, 0.05) is 12.1 Å². The molecular weight excluding hydrogens is 426 g/mol. The Balaban J connectivity index is 2.12. The second-order valence-corrected chi connectivity index (χ2v) is 7.42. The molecule has 1 heterocycles. The Labute approximate surface area is 193 Å². The summed E-state index contributed by atoms with van der Waals surface area (Å²) in [5, 5.41) is 0. The van der Waals surface area contributed by atoms with Gasteiger partial charge in [-0.05, 0) is 54.3 Å². The van der Waals surface area contributed by atoms with Crippen molar-refractivity contribution >= 4 is 23.5 Å². The smallest absolute Gasteiger partial charge is 0.328 e. The molecule has 176 valence electrons. The number of carbonyl (C=O) groups is 2. The summed E-state index contributed by atoms with van der Waals surface area (Å²) in [5.41, 5.74) is 1.77. The molecular formula is C25H29NO7. The molecule has 0 N–H and O–H groups in total. The topological polar surface area (TPSA) is 83.5 Å². The Hall–Kier alpha value is -3.68. The molecule has 0 aliphatic carbocycles. The molecule has 1 fully saturated rings. The summed E-state index contributed by atoms with van der Waals surface area (Å²) in [7, 11) is 7.53. The molecule has 1 amide bonds. The number of benzene rings is 2. The molecule has 0 saturated carbocycles. The van der Waals surface area contributed by atoms with Crippen LogP contribution in [0.25, 0.3) is 11.6 Å². The van der Waals surface area contributed by atoms with E-state index in [1.807, 2.05) is 6.07 Å². The lowest BCUT2D eigenvalue weighted by Gasteiger charge is -2.24. The summed E-state index contributed by atoms with van der Waals surface area (Å²) in [6.45, 7) is 0.467. The van der Waals surface area contributed by atoms with E-state index in [0.717, 1.165) is 12.0 Å². The maximum Gasteiger partial charge on any atom is 0.328 e. The first-order chi connectivity index (χ1) is 16.0. The molecule has 1 saturated heterocycles. The van der Waals surface area contributed by atoms with Crippen LogP contribution in [0.15, 0.2) is 36.4 Å². The first-order valence-electron chi connectivity index (χ1n) is 10.5. The quantitative estimate of drug-likeness (QED) is 0.343. The highest BCUT2D eigenvalue weighted by molar-refractivity contribution is 6.25. The van der Waals surface area contributed by atoms with Crippen LogP contribution in [0.5, 0.6) is 23.0 Å². The van der Waals surface area contributed by atoms with Crippen LogP contribution in [0.3, 0.4) is 0 Å². The van der Waals surface area contributed by atoms with Crippen LogP contribution in [-0.2, 0) is 14.3 Å². The average Bonchev–Trinajstić information content (AvgIpc) is 3.35. The van der Waals surface area contributed by atoms with Crippen molar-refractivity contribution < 1.29 is 33.3 Å². The third kappa shape index (κ3) is 5.05.